The van der Waals surface area contributed by atoms with Gasteiger partial charge in [-0.3, -0.25) is 4.79 Å². The van der Waals surface area contributed by atoms with E-state index in [1.54, 1.807) is 12.7 Å². The van der Waals surface area contributed by atoms with Crippen molar-refractivity contribution in [2.75, 3.05) is 44.7 Å². The Morgan fingerprint density at radius 2 is 2.03 bits per heavy atom. The molecule has 0 spiro atoms. The number of esters is 1. The van der Waals surface area contributed by atoms with Crippen molar-refractivity contribution in [3.8, 4) is 5.75 Å². The number of para-hydroxylation sites is 2. The highest BCUT2D eigenvalue weighted by Gasteiger charge is 2.52. The van der Waals surface area contributed by atoms with Crippen LogP contribution in [0.5, 0.6) is 5.75 Å². The van der Waals surface area contributed by atoms with Crippen LogP contribution in [0.2, 0.25) is 0 Å². The van der Waals surface area contributed by atoms with Gasteiger partial charge in [0.2, 0.25) is 0 Å². The van der Waals surface area contributed by atoms with Gasteiger partial charge in [0.05, 0.1) is 45.5 Å². The monoisotopic (exact) mass is 425 g/mol. The van der Waals surface area contributed by atoms with Crippen LogP contribution in [0, 0.1) is 23.2 Å². The van der Waals surface area contributed by atoms with Gasteiger partial charge >= 0.3 is 5.97 Å². The number of methoxy groups -OCH3 is 1. The first-order valence-corrected chi connectivity index (χ1v) is 12.1. The molecule has 3 fully saturated rings. The number of ether oxygens (including phenoxy) is 2. The van der Waals surface area contributed by atoms with Gasteiger partial charge in [-0.2, -0.15) is 0 Å². The fourth-order valence-corrected chi connectivity index (χ4v) is 6.75. The zero-order valence-electron chi connectivity index (χ0n) is 19.2. The van der Waals surface area contributed by atoms with E-state index < -0.39 is 0 Å². The molecule has 0 unspecified atom stereocenters. The number of piperazine rings is 1. The quantitative estimate of drug-likeness (QED) is 0.595. The topological polar surface area (TPSA) is 43.2 Å². The molecule has 2 aliphatic carbocycles. The van der Waals surface area contributed by atoms with Gasteiger partial charge in [0.1, 0.15) is 17.8 Å². The van der Waals surface area contributed by atoms with Crippen LogP contribution < -0.4 is 14.5 Å². The lowest BCUT2D eigenvalue weighted by molar-refractivity contribution is -0.903. The zero-order valence-corrected chi connectivity index (χ0v) is 19.2. The highest BCUT2D eigenvalue weighted by Crippen LogP contribution is 2.53. The van der Waals surface area contributed by atoms with Crippen molar-refractivity contribution in [1.29, 1.82) is 0 Å². The Morgan fingerprint density at radius 1 is 1.26 bits per heavy atom. The van der Waals surface area contributed by atoms with E-state index in [9.17, 15) is 4.79 Å². The van der Waals surface area contributed by atoms with Crippen molar-refractivity contribution < 1.29 is 19.2 Å². The number of rotatable bonds is 4. The largest absolute Gasteiger partial charge is 0.495 e. The number of nitrogens with one attached hydrogen (secondary N) is 1. The molecule has 4 aliphatic rings. The fraction of sp³-hybridized carbons (Fsp3) is 0.654. The molecule has 5 atom stereocenters. The summed E-state index contributed by atoms with van der Waals surface area (Å²) in [5, 5.41) is 0. The van der Waals surface area contributed by atoms with Crippen LogP contribution >= 0.6 is 0 Å². The van der Waals surface area contributed by atoms with Crippen molar-refractivity contribution in [2.45, 2.75) is 45.6 Å². The third-order valence-corrected chi connectivity index (χ3v) is 8.49. The summed E-state index contributed by atoms with van der Waals surface area (Å²) in [6.07, 6.45) is 7.42. The van der Waals surface area contributed by atoms with Crippen molar-refractivity contribution in [2.24, 2.45) is 23.2 Å². The average molecular weight is 426 g/mol. The third-order valence-electron chi connectivity index (χ3n) is 8.49. The zero-order chi connectivity index (χ0) is 21.6. The summed E-state index contributed by atoms with van der Waals surface area (Å²) in [5.41, 5.74) is 3.02. The van der Waals surface area contributed by atoms with Gasteiger partial charge in [-0.15, -0.1) is 0 Å². The minimum atomic E-state index is 0.0176. The minimum absolute atomic E-state index is 0.0176. The van der Waals surface area contributed by atoms with E-state index in [-0.39, 0.29) is 29.3 Å². The molecular weight excluding hydrogens is 388 g/mol. The maximum Gasteiger partial charge on any atom is 0.315 e. The Balaban J connectivity index is 1.26. The lowest BCUT2D eigenvalue weighted by Crippen LogP contribution is -3.15. The smallest absolute Gasteiger partial charge is 0.315 e. The van der Waals surface area contributed by atoms with E-state index in [2.05, 4.69) is 37.0 Å². The van der Waals surface area contributed by atoms with Crippen LogP contribution in [0.1, 0.15) is 39.5 Å². The average Bonchev–Trinajstić information content (AvgIpc) is 3.06. The van der Waals surface area contributed by atoms with Gasteiger partial charge in [-0.25, -0.2) is 0 Å². The molecule has 5 heteroatoms. The summed E-state index contributed by atoms with van der Waals surface area (Å²) in [6, 6.07) is 8.25. The number of allylic oxidation sites excluding steroid dienone is 1. The Kier molecular flexibility index (Phi) is 5.49. The Labute approximate surface area is 186 Å². The van der Waals surface area contributed by atoms with Gasteiger partial charge in [-0.05, 0) is 42.7 Å². The molecule has 0 bridgehead atoms. The first-order valence-electron chi connectivity index (χ1n) is 12.1. The van der Waals surface area contributed by atoms with Gasteiger partial charge in [0, 0.05) is 5.92 Å². The minimum Gasteiger partial charge on any atom is -0.495 e. The van der Waals surface area contributed by atoms with E-state index in [1.165, 1.54) is 29.8 Å². The summed E-state index contributed by atoms with van der Waals surface area (Å²) in [5.74, 6) is 1.92. The molecule has 5 rings (SSSR count). The van der Waals surface area contributed by atoms with Crippen molar-refractivity contribution in [3.63, 3.8) is 0 Å². The first kappa shape index (κ1) is 20.9. The molecule has 5 nitrogen and oxygen atoms in total. The van der Waals surface area contributed by atoms with Gasteiger partial charge in [0.25, 0.3) is 0 Å². The number of carbonyl (C=O) groups excluding carboxylic acids is 1. The summed E-state index contributed by atoms with van der Waals surface area (Å²) < 4.78 is 11.5. The molecule has 31 heavy (non-hydrogen) atoms. The lowest BCUT2D eigenvalue weighted by atomic mass is 9.59. The predicted octanol–water partition coefficient (Wildman–Crippen LogP) is 2.71. The first-order chi connectivity index (χ1) is 15.0. The van der Waals surface area contributed by atoms with Crippen molar-refractivity contribution >= 4 is 11.7 Å². The number of anilines is 1. The molecule has 0 amide bonds. The second-order valence-electron chi connectivity index (χ2n) is 10.5. The highest BCUT2D eigenvalue weighted by atomic mass is 16.6. The van der Waals surface area contributed by atoms with E-state index in [0.29, 0.717) is 5.92 Å². The Hall–Kier alpha value is -2.01. The van der Waals surface area contributed by atoms with Gasteiger partial charge in [0.15, 0.2) is 0 Å². The molecule has 1 N–H and O–H groups in total. The SMILES string of the molecule is COc1ccccc1N1CC[NH+](C[C@@H]2C(=O)O[C@@H]3C[C@@]4(C)CCC[C@@H](C)C4=C[C@H]23)CC1. The number of hydrogen-bond acceptors (Lipinski definition) is 4. The molecule has 1 saturated carbocycles. The molecule has 2 aliphatic heterocycles. The van der Waals surface area contributed by atoms with Crippen molar-refractivity contribution in [3.05, 3.63) is 35.9 Å². The molecule has 2 heterocycles. The number of hydrogen-bond donors (Lipinski definition) is 1. The predicted molar refractivity (Wildman–Crippen MR) is 121 cm³/mol. The second kappa shape index (κ2) is 8.16. The normalized spacial score (nSPS) is 35.8. The number of nitrogens with zero attached hydrogens (tertiary/aromatic N) is 1. The number of carbonyl (C=O) groups is 1. The van der Waals surface area contributed by atoms with E-state index in [1.807, 2.05) is 12.1 Å². The maximum absolute atomic E-state index is 12.9. The van der Waals surface area contributed by atoms with Crippen LogP contribution in [0.4, 0.5) is 5.69 Å². The van der Waals surface area contributed by atoms with Gasteiger partial charge < -0.3 is 19.3 Å². The Bertz CT molecular complexity index is 860. The second-order valence-corrected chi connectivity index (χ2v) is 10.5. The molecule has 2 saturated heterocycles. The molecule has 1 aromatic rings. The van der Waals surface area contributed by atoms with Crippen LogP contribution in [-0.2, 0) is 9.53 Å². The molecular formula is C26H37N2O3+. The molecule has 1 aromatic carbocycles. The van der Waals surface area contributed by atoms with Crippen molar-refractivity contribution in [1.82, 2.24) is 0 Å². The summed E-state index contributed by atoms with van der Waals surface area (Å²) in [4.78, 5) is 16.8. The fourth-order valence-electron chi connectivity index (χ4n) is 6.75. The van der Waals surface area contributed by atoms with E-state index >= 15 is 0 Å². The number of fused-ring (bicyclic) bond motifs is 2. The van der Waals surface area contributed by atoms with Crippen LogP contribution in [0.3, 0.4) is 0 Å². The standard InChI is InChI=1S/C26H36N2O3/c1-18-7-6-10-26(2)16-24-19(15-21(18)26)20(25(29)31-24)17-27-11-13-28(14-12-27)22-8-4-5-9-23(22)30-3/h4-5,8-9,15,18-20,24H,6-7,10-14,16-17H2,1-3H3/p+1/t18-,19-,20+,24-,26-/m1/s1. The van der Waals surface area contributed by atoms with Crippen LogP contribution in [0.15, 0.2) is 35.9 Å². The van der Waals surface area contributed by atoms with Crippen LogP contribution in [0.25, 0.3) is 0 Å². The lowest BCUT2D eigenvalue weighted by Gasteiger charge is -2.46. The van der Waals surface area contributed by atoms with Crippen LogP contribution in [-0.4, -0.2) is 51.9 Å². The molecule has 0 radical (unpaired) electrons. The van der Waals surface area contributed by atoms with E-state index in [4.69, 9.17) is 9.47 Å². The summed E-state index contributed by atoms with van der Waals surface area (Å²) >= 11 is 0. The van der Waals surface area contributed by atoms with Gasteiger partial charge in [-0.1, -0.05) is 44.1 Å². The summed E-state index contributed by atoms with van der Waals surface area (Å²) in [7, 11) is 1.74. The molecule has 168 valence electrons. The van der Waals surface area contributed by atoms with E-state index in [0.717, 1.165) is 44.9 Å². The highest BCUT2D eigenvalue weighted by molar-refractivity contribution is 5.76. The summed E-state index contributed by atoms with van der Waals surface area (Å²) in [6.45, 7) is 9.73. The third kappa shape index (κ3) is 3.75. The Morgan fingerprint density at radius 3 is 2.81 bits per heavy atom. The maximum atomic E-state index is 12.9. The number of quaternary nitrogens is 1. The molecule has 0 aromatic heterocycles. The number of benzene rings is 1.